The van der Waals surface area contributed by atoms with Gasteiger partial charge in [-0.2, -0.15) is 51.8 Å². The van der Waals surface area contributed by atoms with Gasteiger partial charge in [-0.3, -0.25) is 13.4 Å². The fourth-order valence-corrected chi connectivity index (χ4v) is 10.5. The summed E-state index contributed by atoms with van der Waals surface area (Å²) < 4.78 is 174. The topological polar surface area (TPSA) is 191 Å². The van der Waals surface area contributed by atoms with Crippen molar-refractivity contribution in [3.63, 3.8) is 0 Å². The predicted octanol–water partition coefficient (Wildman–Crippen LogP) is 7.42. The Morgan fingerprint density at radius 1 is 0.611 bits per heavy atom. The molecule has 2 saturated heterocycles. The molecule has 0 bridgehead atoms. The average molecular weight is 1080 g/mol. The fourth-order valence-electron chi connectivity index (χ4n) is 7.29. The molecule has 0 aliphatic carbocycles. The number of nitrogens with zero attached hydrogens (tertiary/aromatic N) is 9. The van der Waals surface area contributed by atoms with Gasteiger partial charge in [0, 0.05) is 80.5 Å². The van der Waals surface area contributed by atoms with E-state index in [0.29, 0.717) is 24.5 Å². The van der Waals surface area contributed by atoms with Crippen LogP contribution in [0.4, 0.5) is 46.5 Å². The Morgan fingerprint density at radius 3 is 1.35 bits per heavy atom. The van der Waals surface area contributed by atoms with Crippen LogP contribution < -0.4 is 13.9 Å². The molecule has 0 radical (unpaired) electrons. The quantitative estimate of drug-likeness (QED) is 0.113. The largest absolute Gasteiger partial charge is 0.470 e. The third-order valence-electron chi connectivity index (χ3n) is 11.0. The summed E-state index contributed by atoms with van der Waals surface area (Å²) in [6, 6.07) is 23.4. The van der Waals surface area contributed by atoms with Gasteiger partial charge in [-0.25, -0.2) is 8.78 Å². The van der Waals surface area contributed by atoms with Crippen LogP contribution in [0.5, 0.6) is 0 Å². The molecule has 2 aromatic heterocycles. The van der Waals surface area contributed by atoms with Crippen LogP contribution in [-0.4, -0.2) is 109 Å². The van der Waals surface area contributed by atoms with Gasteiger partial charge in [-0.05, 0) is 48.5 Å². The molecule has 1 amide bonds. The number of hydrogen-bond acceptors (Lipinski definition) is 12. The standard InChI is InChI=1S/C24H25F4N5O4S.C20H19F4N5O3S.ClH/c1-16(2)22(34)31-10-12-32(13-11-31)38(35,36)33(19-6-4-3-5-7-19)15-18-9-8-17(14-20(18)25)21-29-30-23(37-21)24(26,27)28;21-17-12-14(18-26-27-19(32-18)20(22,23)24)6-7-15(17)13-29(16-4-2-1-3-5-16)33(30,31)28-10-8-25-9-11-28;/h3-9,14,16H,10-13,15H2,1-2H3;1-7,12,25H,8-11,13H2;1H. The summed E-state index contributed by atoms with van der Waals surface area (Å²) in [7, 11) is -8.11. The lowest BCUT2D eigenvalue weighted by molar-refractivity contribution is -0.157. The zero-order valence-corrected chi connectivity index (χ0v) is 40.5. The zero-order valence-electron chi connectivity index (χ0n) is 38.0. The zero-order chi connectivity index (χ0) is 51.3. The van der Waals surface area contributed by atoms with E-state index in [0.717, 1.165) is 20.7 Å². The number of aromatic nitrogens is 4. The van der Waals surface area contributed by atoms with E-state index in [1.54, 1.807) is 79.4 Å². The Kier molecular flexibility index (Phi) is 17.3. The van der Waals surface area contributed by atoms with E-state index < -0.39 is 68.0 Å². The lowest BCUT2D eigenvalue weighted by atomic mass is 10.1. The molecule has 0 saturated carbocycles. The lowest BCUT2D eigenvalue weighted by Crippen LogP contribution is -2.54. The van der Waals surface area contributed by atoms with Gasteiger partial charge in [0.15, 0.2) is 0 Å². The molecule has 0 spiro atoms. The number of amides is 1. The van der Waals surface area contributed by atoms with E-state index in [1.165, 1.54) is 32.9 Å². The molecule has 4 heterocycles. The number of carbonyl (C=O) groups excluding carboxylic acids is 1. The minimum Gasteiger partial charge on any atom is -0.413 e. The maximum atomic E-state index is 15.1. The van der Waals surface area contributed by atoms with Gasteiger partial charge in [0.1, 0.15) is 11.6 Å². The molecule has 72 heavy (non-hydrogen) atoms. The normalized spacial score (nSPS) is 15.1. The maximum absolute atomic E-state index is 15.1. The van der Waals surface area contributed by atoms with E-state index in [9.17, 15) is 52.4 Å². The number of halogens is 9. The number of alkyl halides is 6. The first-order valence-corrected chi connectivity index (χ1v) is 24.4. The highest BCUT2D eigenvalue weighted by molar-refractivity contribution is 7.90. The Labute approximate surface area is 414 Å². The van der Waals surface area contributed by atoms with Crippen molar-refractivity contribution in [2.75, 3.05) is 61.0 Å². The molecule has 2 fully saturated rings. The molecule has 2 aliphatic rings. The highest BCUT2D eigenvalue weighted by atomic mass is 35.5. The summed E-state index contributed by atoms with van der Waals surface area (Å²) in [5.41, 5.74) is 0.502. The second kappa shape index (κ2) is 22.7. The van der Waals surface area contributed by atoms with E-state index in [-0.39, 0.29) is 98.8 Å². The van der Waals surface area contributed by atoms with Crippen LogP contribution in [0.2, 0.25) is 0 Å². The predicted molar refractivity (Wildman–Crippen MR) is 247 cm³/mol. The van der Waals surface area contributed by atoms with Crippen molar-refractivity contribution < 1.29 is 65.6 Å². The molecule has 28 heteroatoms. The van der Waals surface area contributed by atoms with Crippen LogP contribution in [0.3, 0.4) is 0 Å². The van der Waals surface area contributed by atoms with Crippen molar-refractivity contribution in [2.45, 2.75) is 39.3 Å². The molecule has 1 N–H and O–H groups in total. The summed E-state index contributed by atoms with van der Waals surface area (Å²) >= 11 is 0. The van der Waals surface area contributed by atoms with Gasteiger partial charge >= 0.3 is 44.6 Å². The van der Waals surface area contributed by atoms with Crippen LogP contribution in [0.1, 0.15) is 36.8 Å². The number of hydrogen-bond donors (Lipinski definition) is 1. The van der Waals surface area contributed by atoms with E-state index >= 15 is 4.39 Å². The van der Waals surface area contributed by atoms with Crippen molar-refractivity contribution in [2.24, 2.45) is 5.92 Å². The molecule has 17 nitrogen and oxygen atoms in total. The number of rotatable bonds is 13. The Hall–Kier alpha value is -6.26. The molecule has 8 rings (SSSR count). The first kappa shape index (κ1) is 55.1. The lowest BCUT2D eigenvalue weighted by Gasteiger charge is -2.38. The second-order valence-electron chi connectivity index (χ2n) is 16.2. The SMILES string of the molecule is CC(C)C(=O)N1CCN(S(=O)(=O)N(Cc2ccc(-c3nnc(C(F)(F)F)o3)cc2F)c2ccccc2)CC1.Cl.O=S(=O)(N1CCNCC1)N(Cc1ccc(-c2nnc(C(F)(F)F)o2)cc1F)c1ccccc1. The molecule has 4 aromatic carbocycles. The summed E-state index contributed by atoms with van der Waals surface area (Å²) in [6.45, 7) is 4.97. The van der Waals surface area contributed by atoms with Crippen molar-refractivity contribution in [3.8, 4) is 22.9 Å². The number of para-hydroxylation sites is 2. The number of nitrogens with one attached hydrogen (secondary N) is 1. The van der Waals surface area contributed by atoms with E-state index in [1.807, 2.05) is 0 Å². The molecule has 0 atom stereocenters. The third-order valence-corrected chi connectivity index (χ3v) is 14.8. The second-order valence-corrected chi connectivity index (χ2v) is 19.9. The molecule has 0 unspecified atom stereocenters. The molecule has 2 aliphatic heterocycles. The monoisotopic (exact) mass is 1080 g/mol. The van der Waals surface area contributed by atoms with Crippen molar-refractivity contribution >= 4 is 50.1 Å². The van der Waals surface area contributed by atoms with Gasteiger partial charge < -0.3 is 19.1 Å². The Bertz CT molecular complexity index is 3010. The minimum atomic E-state index is -4.85. The molecular weight excluding hydrogens is 1030 g/mol. The first-order chi connectivity index (χ1) is 33.5. The van der Waals surface area contributed by atoms with Crippen LogP contribution in [0, 0.1) is 17.6 Å². The van der Waals surface area contributed by atoms with Crippen LogP contribution in [-0.2, 0) is 50.7 Å². The smallest absolute Gasteiger partial charge is 0.413 e. The summed E-state index contributed by atoms with van der Waals surface area (Å²) in [5, 5.41) is 15.6. The number of benzene rings is 4. The van der Waals surface area contributed by atoms with Gasteiger partial charge in [0.25, 0.3) is 0 Å². The van der Waals surface area contributed by atoms with E-state index in [4.69, 9.17) is 0 Å². The number of piperazine rings is 2. The number of carbonyl (C=O) groups is 1. The third kappa shape index (κ3) is 12.8. The Morgan fingerprint density at radius 2 is 1.00 bits per heavy atom. The summed E-state index contributed by atoms with van der Waals surface area (Å²) in [4.78, 5) is 13.9. The minimum absolute atomic E-state index is 0. The van der Waals surface area contributed by atoms with Crippen LogP contribution >= 0.6 is 12.4 Å². The molecule has 6 aromatic rings. The summed E-state index contributed by atoms with van der Waals surface area (Å²) in [6.07, 6.45) is -9.67. The first-order valence-electron chi connectivity index (χ1n) is 21.6. The molecule has 388 valence electrons. The van der Waals surface area contributed by atoms with Crippen LogP contribution in [0.25, 0.3) is 22.9 Å². The van der Waals surface area contributed by atoms with Crippen molar-refractivity contribution in [1.82, 2.24) is 39.2 Å². The highest BCUT2D eigenvalue weighted by Crippen LogP contribution is 2.34. The average Bonchev–Trinajstić information content (AvgIpc) is 4.07. The van der Waals surface area contributed by atoms with Crippen molar-refractivity contribution in [3.05, 3.63) is 132 Å². The van der Waals surface area contributed by atoms with Crippen molar-refractivity contribution in [1.29, 1.82) is 0 Å². The number of anilines is 2. The van der Waals surface area contributed by atoms with Crippen LogP contribution in [0.15, 0.2) is 106 Å². The fraction of sp³-hybridized carbons (Fsp3) is 0.341. The van der Waals surface area contributed by atoms with E-state index in [2.05, 4.69) is 34.5 Å². The van der Waals surface area contributed by atoms with Gasteiger partial charge in [0.05, 0.1) is 24.5 Å². The van der Waals surface area contributed by atoms with Gasteiger partial charge in [-0.1, -0.05) is 62.4 Å². The summed E-state index contributed by atoms with van der Waals surface area (Å²) in [5.74, 6) is -6.09. The Balaban J connectivity index is 0.000000234. The van der Waals surface area contributed by atoms with Gasteiger partial charge in [0.2, 0.25) is 17.7 Å². The highest BCUT2D eigenvalue weighted by Gasteiger charge is 2.40. The van der Waals surface area contributed by atoms with Gasteiger partial charge in [-0.15, -0.1) is 32.8 Å². The molecular formula is C44H45ClF8N10O7S2. The maximum Gasteiger partial charge on any atom is 0.470 e.